The summed E-state index contributed by atoms with van der Waals surface area (Å²) in [6.45, 7) is 19.4. The van der Waals surface area contributed by atoms with Crippen LogP contribution in [0.15, 0.2) is 24.8 Å². The van der Waals surface area contributed by atoms with Gasteiger partial charge in [-0.1, -0.05) is 245 Å². The number of ether oxygens (including phenoxy) is 6. The van der Waals surface area contributed by atoms with Gasteiger partial charge >= 0.3 is 24.5 Å². The van der Waals surface area contributed by atoms with Gasteiger partial charge in [0.25, 0.3) is 5.79 Å². The number of allylic oxidation sites excluding steroid dienone is 1. The van der Waals surface area contributed by atoms with Crippen LogP contribution in [0.4, 0.5) is 0 Å². The Bertz CT molecular complexity index is 1140. The fraction of sp³-hybridized carbons (Fsp3) is 0.912. The van der Waals surface area contributed by atoms with E-state index in [-0.39, 0.29) is 6.61 Å². The Labute approximate surface area is 409 Å². The molecular formula is C57H108O8P+. The van der Waals surface area contributed by atoms with Crippen LogP contribution in [0.3, 0.4) is 0 Å². The topological polar surface area (TPSA) is 89.5 Å². The predicted molar refractivity (Wildman–Crippen MR) is 280 cm³/mol. The fourth-order valence-electron chi connectivity index (χ4n) is 9.16. The van der Waals surface area contributed by atoms with E-state index < -0.39 is 36.3 Å². The van der Waals surface area contributed by atoms with E-state index in [1.165, 1.54) is 115 Å². The van der Waals surface area contributed by atoms with Crippen LogP contribution in [0.25, 0.3) is 0 Å². The van der Waals surface area contributed by atoms with Crippen molar-refractivity contribution in [3.8, 4) is 0 Å². The van der Waals surface area contributed by atoms with Crippen molar-refractivity contribution >= 4 is 13.3 Å². The molecule has 0 aromatic carbocycles. The molecule has 0 spiro atoms. The molecule has 3 atom stereocenters. The maximum atomic E-state index is 15.5. The van der Waals surface area contributed by atoms with Crippen molar-refractivity contribution in [2.45, 2.75) is 296 Å². The van der Waals surface area contributed by atoms with E-state index in [4.69, 9.17) is 28.4 Å². The van der Waals surface area contributed by atoms with Gasteiger partial charge in [0, 0.05) is 18.8 Å². The molecule has 1 aliphatic carbocycles. The lowest BCUT2D eigenvalue weighted by atomic mass is 9.85. The molecule has 0 radical (unpaired) electrons. The third kappa shape index (κ3) is 24.2. The molecule has 0 saturated carbocycles. The summed E-state index contributed by atoms with van der Waals surface area (Å²) < 4.78 is 59.2. The Hall–Kier alpha value is -0.990. The van der Waals surface area contributed by atoms with Crippen LogP contribution in [-0.4, -0.2) is 68.2 Å². The second kappa shape index (κ2) is 42.9. The highest BCUT2D eigenvalue weighted by Gasteiger charge is 2.82. The van der Waals surface area contributed by atoms with E-state index in [1.54, 1.807) is 6.08 Å². The van der Waals surface area contributed by atoms with Crippen molar-refractivity contribution in [2.24, 2.45) is 0 Å². The number of hydrogen-bond acceptors (Lipinski definition) is 8. The summed E-state index contributed by atoms with van der Waals surface area (Å²) >= 11 is 0. The zero-order chi connectivity index (χ0) is 48.3. The molecule has 388 valence electrons. The molecule has 1 rings (SSSR count). The highest BCUT2D eigenvalue weighted by molar-refractivity contribution is 7.66. The van der Waals surface area contributed by atoms with Gasteiger partial charge in [-0.05, 0) is 44.6 Å². The van der Waals surface area contributed by atoms with E-state index in [0.717, 1.165) is 122 Å². The summed E-state index contributed by atoms with van der Waals surface area (Å²) in [5.41, 5.74) is -0.597. The summed E-state index contributed by atoms with van der Waals surface area (Å²) in [5.74, 6) is -3.67. The number of hydrogen-bond donors (Lipinski definition) is 0. The Balaban J connectivity index is 4.15. The second-order valence-corrected chi connectivity index (χ2v) is 21.0. The van der Waals surface area contributed by atoms with Gasteiger partial charge in [-0.3, -0.25) is 0 Å². The first-order valence-electron chi connectivity index (χ1n) is 28.5. The number of carbonyl (C=O) groups is 1. The smallest absolute Gasteiger partial charge is 0.368 e. The molecule has 0 aliphatic heterocycles. The standard InChI is InChI=1S/C57H108O8P/c1-8-15-21-27-33-39-47-60-53-45-46-55(66(59)54(58)14-7,61-48-40-34-28-22-16-9-2)57(64-51-43-37-31-25-19-12-5,65-52-44-38-32-26-20-13-6)56(53,62-49-41-35-29-23-17-10-3)63-50-42-36-30-24-18-11-4/h14,45-46,53H,7-13,15-44,47-52H2,1-6H3/q+1. The van der Waals surface area contributed by atoms with E-state index in [0.29, 0.717) is 33.0 Å². The molecule has 8 nitrogen and oxygen atoms in total. The first-order chi connectivity index (χ1) is 32.4. The molecule has 0 aromatic rings. The summed E-state index contributed by atoms with van der Waals surface area (Å²) in [5, 5.41) is -1.87. The van der Waals surface area contributed by atoms with Crippen molar-refractivity contribution in [3.05, 3.63) is 24.8 Å². The fourth-order valence-corrected chi connectivity index (χ4v) is 10.6. The lowest BCUT2D eigenvalue weighted by molar-refractivity contribution is -0.458. The summed E-state index contributed by atoms with van der Waals surface area (Å²) in [7, 11) is -2.87. The van der Waals surface area contributed by atoms with Gasteiger partial charge in [0.05, 0.1) is 33.0 Å². The van der Waals surface area contributed by atoms with Gasteiger partial charge in [0.1, 0.15) is 6.10 Å². The summed E-state index contributed by atoms with van der Waals surface area (Å²) in [6, 6.07) is 0. The first kappa shape index (κ1) is 63.0. The van der Waals surface area contributed by atoms with Crippen LogP contribution < -0.4 is 0 Å². The van der Waals surface area contributed by atoms with Gasteiger partial charge in [-0.2, -0.15) is 0 Å². The van der Waals surface area contributed by atoms with E-state index in [2.05, 4.69) is 48.1 Å². The second-order valence-electron chi connectivity index (χ2n) is 19.3. The first-order valence-corrected chi connectivity index (χ1v) is 29.8. The molecule has 0 heterocycles. The number of unbranched alkanes of at least 4 members (excludes halogenated alkanes) is 30. The average Bonchev–Trinajstić information content (AvgIpc) is 3.33. The van der Waals surface area contributed by atoms with Crippen LogP contribution in [0.5, 0.6) is 0 Å². The minimum atomic E-state index is -2.87. The maximum Gasteiger partial charge on any atom is 0.464 e. The highest BCUT2D eigenvalue weighted by Crippen LogP contribution is 2.60. The van der Waals surface area contributed by atoms with Crippen molar-refractivity contribution in [1.82, 2.24) is 0 Å². The minimum absolute atomic E-state index is 0.276. The average molecular weight is 952 g/mol. The maximum absolute atomic E-state index is 15.5. The van der Waals surface area contributed by atoms with Crippen LogP contribution in [0, 0.1) is 0 Å². The van der Waals surface area contributed by atoms with Crippen LogP contribution in [0.2, 0.25) is 0 Å². The molecule has 1 aliphatic rings. The third-order valence-electron chi connectivity index (χ3n) is 13.3. The number of rotatable bonds is 51. The molecule has 66 heavy (non-hydrogen) atoms. The SMILES string of the molecule is C=CC(=O)[P+](=O)C1(OCCCCCCCC)C=CC(OCCCCCCCC)C(OCCCCCCCC)(OCCCCCCCC)C1(OCCCCCCCC)OCCCCCCCC. The predicted octanol–water partition coefficient (Wildman–Crippen LogP) is 17.8. The van der Waals surface area contributed by atoms with Crippen molar-refractivity contribution < 1.29 is 37.8 Å². The van der Waals surface area contributed by atoms with Gasteiger partial charge in [-0.15, -0.1) is 0 Å². The Morgan fingerprint density at radius 3 is 1.06 bits per heavy atom. The lowest BCUT2D eigenvalue weighted by Crippen LogP contribution is -2.77. The normalized spacial score (nSPS) is 18.0. The van der Waals surface area contributed by atoms with E-state index in [1.807, 2.05) is 6.08 Å². The van der Waals surface area contributed by atoms with E-state index >= 15 is 4.57 Å². The minimum Gasteiger partial charge on any atom is -0.368 e. The summed E-state index contributed by atoms with van der Waals surface area (Å²) in [6.07, 6.45) is 43.2. The number of carbonyl (C=O) groups excluding carboxylic acids is 1. The van der Waals surface area contributed by atoms with Gasteiger partial charge < -0.3 is 28.4 Å². The zero-order valence-electron chi connectivity index (χ0n) is 44.4. The van der Waals surface area contributed by atoms with Gasteiger partial charge in [-0.25, -0.2) is 4.79 Å². The third-order valence-corrected chi connectivity index (χ3v) is 15.1. The molecule has 0 saturated heterocycles. The van der Waals surface area contributed by atoms with Crippen molar-refractivity contribution in [1.29, 1.82) is 0 Å². The summed E-state index contributed by atoms with van der Waals surface area (Å²) in [4.78, 5) is 14.1. The highest BCUT2D eigenvalue weighted by atomic mass is 31.1. The Morgan fingerprint density at radius 2 is 0.727 bits per heavy atom. The molecule has 0 amide bonds. The van der Waals surface area contributed by atoms with Crippen molar-refractivity contribution in [2.75, 3.05) is 39.6 Å². The Morgan fingerprint density at radius 1 is 0.439 bits per heavy atom. The molecule has 9 heteroatoms. The molecule has 0 aromatic heterocycles. The largest absolute Gasteiger partial charge is 0.464 e. The van der Waals surface area contributed by atoms with Gasteiger partial charge in [0.15, 0.2) is 0 Å². The Kier molecular flexibility index (Phi) is 40.9. The molecule has 3 unspecified atom stereocenters. The van der Waals surface area contributed by atoms with E-state index in [9.17, 15) is 4.79 Å². The molecule has 0 fully saturated rings. The van der Waals surface area contributed by atoms with Crippen LogP contribution >= 0.6 is 7.80 Å². The zero-order valence-corrected chi connectivity index (χ0v) is 45.3. The van der Waals surface area contributed by atoms with Crippen LogP contribution in [0.1, 0.15) is 273 Å². The lowest BCUT2D eigenvalue weighted by Gasteiger charge is -2.55. The quantitative estimate of drug-likeness (QED) is 0.0196. The molecule has 0 bridgehead atoms. The monoisotopic (exact) mass is 952 g/mol. The van der Waals surface area contributed by atoms with Crippen molar-refractivity contribution in [3.63, 3.8) is 0 Å². The van der Waals surface area contributed by atoms with Gasteiger partial charge in [0.2, 0.25) is 0 Å². The van der Waals surface area contributed by atoms with Crippen LogP contribution in [-0.2, 0) is 37.8 Å². The molecular weight excluding hydrogens is 844 g/mol. The molecule has 0 N–H and O–H groups in total.